The first kappa shape index (κ1) is 10.3. The number of nitrogens with zero attached hydrogens (tertiary/aromatic N) is 4. The molecule has 0 bridgehead atoms. The fourth-order valence-electron chi connectivity index (χ4n) is 1.37. The molecule has 0 aliphatic rings. The summed E-state index contributed by atoms with van der Waals surface area (Å²) in [4.78, 5) is 2.53. The van der Waals surface area contributed by atoms with Crippen molar-refractivity contribution in [3.63, 3.8) is 0 Å². The minimum atomic E-state index is -0.138. The van der Waals surface area contributed by atoms with Gasteiger partial charge in [0.25, 0.3) is 0 Å². The van der Waals surface area contributed by atoms with Crippen LogP contribution < -0.4 is 5.73 Å². The van der Waals surface area contributed by atoms with Crippen molar-refractivity contribution in [2.75, 3.05) is 0 Å². The van der Waals surface area contributed by atoms with Crippen LogP contribution in [0.2, 0.25) is 0 Å². The number of hydrogen-bond acceptors (Lipinski definition) is 5. The summed E-state index contributed by atoms with van der Waals surface area (Å²) in [5.41, 5.74) is 5.76. The summed E-state index contributed by atoms with van der Waals surface area (Å²) in [5, 5.41) is 11.5. The molecular weight excluding hydrogens is 210 g/mol. The van der Waals surface area contributed by atoms with Gasteiger partial charge in [0.15, 0.2) is 5.82 Å². The number of aryl methyl sites for hydroxylation is 1. The molecule has 1 unspecified atom stereocenters. The smallest absolute Gasteiger partial charge is 0.168 e. The molecule has 0 fully saturated rings. The summed E-state index contributed by atoms with van der Waals surface area (Å²) >= 11 is 1.75. The maximum Gasteiger partial charge on any atom is 0.168 e. The number of rotatable bonds is 3. The zero-order valence-corrected chi connectivity index (χ0v) is 9.53. The first-order valence-electron chi connectivity index (χ1n) is 4.74. The van der Waals surface area contributed by atoms with Crippen LogP contribution in [0.25, 0.3) is 0 Å². The van der Waals surface area contributed by atoms with Gasteiger partial charge in [-0.15, -0.1) is 16.4 Å². The lowest BCUT2D eigenvalue weighted by atomic mass is 10.3. The van der Waals surface area contributed by atoms with E-state index in [1.54, 1.807) is 16.0 Å². The summed E-state index contributed by atoms with van der Waals surface area (Å²) in [5.74, 6) is 0.723. The summed E-state index contributed by atoms with van der Waals surface area (Å²) in [6.45, 7) is 4.66. The molecule has 0 spiro atoms. The summed E-state index contributed by atoms with van der Waals surface area (Å²) < 4.78 is 1.75. The lowest BCUT2D eigenvalue weighted by Crippen LogP contribution is -2.14. The third kappa shape index (κ3) is 2.21. The Balaban J connectivity index is 2.20. The number of aromatic nitrogens is 4. The van der Waals surface area contributed by atoms with Crippen LogP contribution in [-0.4, -0.2) is 20.2 Å². The minimum absolute atomic E-state index is 0.138. The van der Waals surface area contributed by atoms with Crippen molar-refractivity contribution in [3.05, 3.63) is 27.7 Å². The fourth-order valence-corrected chi connectivity index (χ4v) is 2.24. The third-order valence-electron chi connectivity index (χ3n) is 2.07. The molecule has 6 heteroatoms. The van der Waals surface area contributed by atoms with E-state index in [1.165, 1.54) is 9.75 Å². The molecule has 0 aliphatic carbocycles. The van der Waals surface area contributed by atoms with E-state index in [0.29, 0.717) is 6.54 Å². The number of thiophene rings is 1. The molecule has 0 aliphatic heterocycles. The van der Waals surface area contributed by atoms with Gasteiger partial charge in [0.1, 0.15) is 0 Å². The Morgan fingerprint density at radius 2 is 2.33 bits per heavy atom. The van der Waals surface area contributed by atoms with Crippen molar-refractivity contribution in [1.29, 1.82) is 0 Å². The summed E-state index contributed by atoms with van der Waals surface area (Å²) in [6, 6.07) is 4.05. The Morgan fingerprint density at radius 1 is 1.53 bits per heavy atom. The molecule has 2 N–H and O–H groups in total. The van der Waals surface area contributed by atoms with E-state index < -0.39 is 0 Å². The fraction of sp³-hybridized carbons (Fsp3) is 0.444. The van der Waals surface area contributed by atoms with Crippen molar-refractivity contribution < 1.29 is 0 Å². The van der Waals surface area contributed by atoms with Gasteiger partial charge in [0, 0.05) is 9.75 Å². The Bertz CT molecular complexity index is 445. The average Bonchev–Trinajstić information content (AvgIpc) is 2.75. The lowest BCUT2D eigenvalue weighted by Gasteiger charge is -2.04. The minimum Gasteiger partial charge on any atom is -0.322 e. The second kappa shape index (κ2) is 4.08. The average molecular weight is 223 g/mol. The van der Waals surface area contributed by atoms with Crippen LogP contribution in [0.3, 0.4) is 0 Å². The van der Waals surface area contributed by atoms with E-state index >= 15 is 0 Å². The van der Waals surface area contributed by atoms with Gasteiger partial charge in [-0.3, -0.25) is 0 Å². The maximum absolute atomic E-state index is 5.76. The van der Waals surface area contributed by atoms with Gasteiger partial charge >= 0.3 is 0 Å². The Labute approximate surface area is 91.9 Å². The molecule has 0 radical (unpaired) electrons. The molecule has 0 saturated heterocycles. The topological polar surface area (TPSA) is 69.6 Å². The van der Waals surface area contributed by atoms with E-state index in [1.807, 2.05) is 6.92 Å². The van der Waals surface area contributed by atoms with Crippen LogP contribution in [0.15, 0.2) is 12.1 Å². The highest BCUT2D eigenvalue weighted by Gasteiger charge is 2.11. The van der Waals surface area contributed by atoms with Crippen LogP contribution in [0.5, 0.6) is 0 Å². The van der Waals surface area contributed by atoms with E-state index in [0.717, 1.165) is 5.82 Å². The SMILES string of the molecule is Cc1ccc(Cn2nnnc2C(C)N)s1. The van der Waals surface area contributed by atoms with Gasteiger partial charge in [0.2, 0.25) is 0 Å². The molecule has 2 aromatic heterocycles. The van der Waals surface area contributed by atoms with E-state index in [9.17, 15) is 0 Å². The number of tetrazole rings is 1. The van der Waals surface area contributed by atoms with Crippen LogP contribution in [0.1, 0.15) is 28.5 Å². The molecule has 15 heavy (non-hydrogen) atoms. The monoisotopic (exact) mass is 223 g/mol. The lowest BCUT2D eigenvalue weighted by molar-refractivity contribution is 0.592. The van der Waals surface area contributed by atoms with E-state index in [-0.39, 0.29) is 6.04 Å². The Morgan fingerprint density at radius 3 is 2.93 bits per heavy atom. The third-order valence-corrected chi connectivity index (χ3v) is 3.05. The van der Waals surface area contributed by atoms with Crippen LogP contribution >= 0.6 is 11.3 Å². The molecule has 5 nitrogen and oxygen atoms in total. The van der Waals surface area contributed by atoms with Crippen LogP contribution in [-0.2, 0) is 6.54 Å². The molecule has 0 aromatic carbocycles. The van der Waals surface area contributed by atoms with Crippen molar-refractivity contribution in [2.45, 2.75) is 26.4 Å². The molecule has 2 heterocycles. The predicted molar refractivity (Wildman–Crippen MR) is 58.6 cm³/mol. The molecule has 2 aromatic rings. The number of hydrogen-bond donors (Lipinski definition) is 1. The first-order valence-corrected chi connectivity index (χ1v) is 5.55. The highest BCUT2D eigenvalue weighted by molar-refractivity contribution is 7.11. The Kier molecular flexibility index (Phi) is 2.79. The summed E-state index contributed by atoms with van der Waals surface area (Å²) in [6.07, 6.45) is 0. The van der Waals surface area contributed by atoms with Gasteiger partial charge in [0.05, 0.1) is 12.6 Å². The van der Waals surface area contributed by atoms with Crippen molar-refractivity contribution >= 4 is 11.3 Å². The standard InChI is InChI=1S/C9H13N5S/c1-6-3-4-8(15-6)5-14-9(7(2)10)11-12-13-14/h3-4,7H,5,10H2,1-2H3. The zero-order valence-electron chi connectivity index (χ0n) is 8.71. The molecule has 2 rings (SSSR count). The molecule has 0 saturated carbocycles. The van der Waals surface area contributed by atoms with E-state index in [4.69, 9.17) is 5.73 Å². The van der Waals surface area contributed by atoms with Gasteiger partial charge in [-0.25, -0.2) is 4.68 Å². The van der Waals surface area contributed by atoms with Crippen LogP contribution in [0, 0.1) is 6.92 Å². The quantitative estimate of drug-likeness (QED) is 0.846. The van der Waals surface area contributed by atoms with Crippen molar-refractivity contribution in [1.82, 2.24) is 20.2 Å². The molecule has 0 amide bonds. The molecule has 80 valence electrons. The summed E-state index contributed by atoms with van der Waals surface area (Å²) in [7, 11) is 0. The Hall–Kier alpha value is -1.27. The maximum atomic E-state index is 5.76. The van der Waals surface area contributed by atoms with Gasteiger partial charge in [-0.1, -0.05) is 0 Å². The number of nitrogens with two attached hydrogens (primary N) is 1. The second-order valence-corrected chi connectivity index (χ2v) is 4.87. The zero-order chi connectivity index (χ0) is 10.8. The largest absolute Gasteiger partial charge is 0.322 e. The highest BCUT2D eigenvalue weighted by atomic mass is 32.1. The highest BCUT2D eigenvalue weighted by Crippen LogP contribution is 2.17. The first-order chi connectivity index (χ1) is 7.16. The van der Waals surface area contributed by atoms with Crippen molar-refractivity contribution in [3.8, 4) is 0 Å². The van der Waals surface area contributed by atoms with Crippen molar-refractivity contribution in [2.24, 2.45) is 5.73 Å². The molecule has 1 atom stereocenters. The van der Waals surface area contributed by atoms with Gasteiger partial charge in [-0.05, 0) is 36.4 Å². The van der Waals surface area contributed by atoms with Gasteiger partial charge in [-0.2, -0.15) is 0 Å². The second-order valence-electron chi connectivity index (χ2n) is 3.50. The van der Waals surface area contributed by atoms with Crippen LogP contribution in [0.4, 0.5) is 0 Å². The normalized spacial score (nSPS) is 13.0. The predicted octanol–water partition coefficient (Wildman–Crippen LogP) is 1.11. The molecular formula is C9H13N5S. The van der Waals surface area contributed by atoms with Gasteiger partial charge < -0.3 is 5.73 Å². The van der Waals surface area contributed by atoms with E-state index in [2.05, 4.69) is 34.6 Å².